The maximum atomic E-state index is 14.2. The number of unbranched alkanes of at least 4 members (excludes halogenated alkanes) is 1. The largest absolute Gasteiger partial charge is 0.480 e. The summed E-state index contributed by atoms with van der Waals surface area (Å²) in [5.41, 5.74) is 19.0. The number of fused-ring (bicyclic) bond motifs is 1. The number of carbonyl (C=O) groups is 7. The topological polar surface area (TPSA) is 362 Å². The number of nitrogens with two attached hydrogens (primary N) is 3. The molecular formula is C39H58N14O8S. The fraction of sp³-hybridized carbons (Fsp3) is 0.513. The summed E-state index contributed by atoms with van der Waals surface area (Å²) in [4.78, 5) is 104. The molecule has 22 nitrogen and oxygen atoms in total. The molecule has 3 heterocycles. The number of benzene rings is 1. The maximum absolute atomic E-state index is 14.2. The second kappa shape index (κ2) is 24.3. The molecule has 1 aliphatic rings. The van der Waals surface area contributed by atoms with Crippen molar-refractivity contribution in [2.75, 3.05) is 31.9 Å². The van der Waals surface area contributed by atoms with Crippen LogP contribution in [0, 0.1) is 5.41 Å². The van der Waals surface area contributed by atoms with Crippen LogP contribution < -0.4 is 49.1 Å². The van der Waals surface area contributed by atoms with Gasteiger partial charge in [-0.1, -0.05) is 24.6 Å². The number of guanidine groups is 1. The Morgan fingerprint density at radius 3 is 2.34 bits per heavy atom. The normalized spacial score (nSPS) is 16.0. The summed E-state index contributed by atoms with van der Waals surface area (Å²) in [6.07, 6.45) is 7.27. The van der Waals surface area contributed by atoms with Crippen LogP contribution in [0.2, 0.25) is 0 Å². The first-order chi connectivity index (χ1) is 29.7. The second-order valence-electron chi connectivity index (χ2n) is 14.9. The highest BCUT2D eigenvalue weighted by atomic mass is 32.1. The number of hydrogen-bond acceptors (Lipinski definition) is 12. The van der Waals surface area contributed by atoms with Gasteiger partial charge in [0, 0.05) is 55.0 Å². The van der Waals surface area contributed by atoms with Crippen LogP contribution in [0.1, 0.15) is 56.2 Å². The van der Waals surface area contributed by atoms with Crippen LogP contribution in [-0.4, -0.2) is 141 Å². The fourth-order valence-electron chi connectivity index (χ4n) is 7.03. The minimum Gasteiger partial charge on any atom is -0.480 e. The molecule has 0 saturated carbocycles. The lowest BCUT2D eigenvalue weighted by atomic mass is 10.0. The molecule has 1 fully saturated rings. The molecule has 6 amide bonds. The van der Waals surface area contributed by atoms with E-state index in [2.05, 4.69) is 59.5 Å². The molecule has 1 aromatic carbocycles. The SMILES string of the molecule is N=C(N)NCCC[C@H](NC(=O)[C@H](Cc1c[nH]c2ccccc12)NC(=O)[C@H](CS)NC(=O)[C@@H]1CCCN1C(=O)[C@@H](N)CCCCN)C(=O)NCC(=O)N[C@@H](Cc1c[nH]cn1)C(=O)O. The van der Waals surface area contributed by atoms with Crippen LogP contribution in [-0.2, 0) is 46.4 Å². The lowest BCUT2D eigenvalue weighted by molar-refractivity contribution is -0.141. The summed E-state index contributed by atoms with van der Waals surface area (Å²) in [7, 11) is 0. The number of para-hydroxylation sites is 1. The third kappa shape index (κ3) is 14.5. The number of carbonyl (C=O) groups excluding carboxylic acids is 6. The number of thiol groups is 1. The van der Waals surface area contributed by atoms with Gasteiger partial charge in [0.05, 0.1) is 24.6 Å². The number of nitrogens with one attached hydrogen (secondary N) is 9. The van der Waals surface area contributed by atoms with E-state index >= 15 is 0 Å². The van der Waals surface area contributed by atoms with Crippen LogP contribution in [0.5, 0.6) is 0 Å². The summed E-state index contributed by atoms with van der Waals surface area (Å²) in [6, 6.07) is 0.461. The Hall–Kier alpha value is -6.20. The number of imidazole rings is 1. The molecule has 0 radical (unpaired) electrons. The third-order valence-corrected chi connectivity index (χ3v) is 10.7. The zero-order valence-corrected chi connectivity index (χ0v) is 35.2. The molecule has 0 aliphatic carbocycles. The molecule has 2 aromatic heterocycles. The van der Waals surface area contributed by atoms with Gasteiger partial charge in [0.1, 0.15) is 30.2 Å². The van der Waals surface area contributed by atoms with E-state index < -0.39 is 78.3 Å². The Morgan fingerprint density at radius 1 is 0.903 bits per heavy atom. The van der Waals surface area contributed by atoms with Gasteiger partial charge in [-0.25, -0.2) is 9.78 Å². The molecule has 16 N–H and O–H groups in total. The van der Waals surface area contributed by atoms with Crippen molar-refractivity contribution in [2.45, 2.75) is 94.0 Å². The molecule has 1 saturated heterocycles. The van der Waals surface area contributed by atoms with Crippen molar-refractivity contribution < 1.29 is 38.7 Å². The molecule has 4 rings (SSSR count). The van der Waals surface area contributed by atoms with Crippen molar-refractivity contribution >= 4 is 70.9 Å². The maximum Gasteiger partial charge on any atom is 0.326 e. The molecule has 1 aliphatic heterocycles. The number of nitrogens with zero attached hydrogens (tertiary/aromatic N) is 2. The number of amides is 6. The van der Waals surface area contributed by atoms with Gasteiger partial charge in [0.2, 0.25) is 35.4 Å². The second-order valence-corrected chi connectivity index (χ2v) is 15.3. The molecule has 62 heavy (non-hydrogen) atoms. The van der Waals surface area contributed by atoms with Gasteiger partial charge < -0.3 is 69.1 Å². The summed E-state index contributed by atoms with van der Waals surface area (Å²) < 4.78 is 0. The average Bonchev–Trinajstić information content (AvgIpc) is 4.04. The minimum absolute atomic E-state index is 0.00720. The summed E-state index contributed by atoms with van der Waals surface area (Å²) in [6.45, 7) is 0.317. The molecule has 0 unspecified atom stereocenters. The number of rotatable bonds is 25. The molecular weight excluding hydrogens is 825 g/mol. The number of likely N-dealkylation sites (tertiary alicyclic amines) is 1. The number of H-pyrrole nitrogens is 2. The molecule has 3 aromatic rings. The number of aliphatic carboxylic acids is 1. The van der Waals surface area contributed by atoms with Gasteiger partial charge in [-0.3, -0.25) is 34.2 Å². The third-order valence-electron chi connectivity index (χ3n) is 10.3. The van der Waals surface area contributed by atoms with E-state index in [1.54, 1.807) is 6.20 Å². The van der Waals surface area contributed by atoms with Crippen LogP contribution in [0.25, 0.3) is 10.9 Å². The van der Waals surface area contributed by atoms with E-state index in [0.717, 1.165) is 10.9 Å². The van der Waals surface area contributed by atoms with Gasteiger partial charge in [-0.15, -0.1) is 0 Å². The highest BCUT2D eigenvalue weighted by molar-refractivity contribution is 7.80. The van der Waals surface area contributed by atoms with Gasteiger partial charge in [-0.05, 0) is 56.7 Å². The Morgan fingerprint density at radius 2 is 1.65 bits per heavy atom. The van der Waals surface area contributed by atoms with Crippen molar-refractivity contribution in [2.24, 2.45) is 17.2 Å². The number of hydrogen-bond donors (Lipinski definition) is 14. The van der Waals surface area contributed by atoms with Gasteiger partial charge in [0.25, 0.3) is 0 Å². The van der Waals surface area contributed by atoms with Gasteiger partial charge >= 0.3 is 5.97 Å². The Labute approximate surface area is 363 Å². The zero-order valence-electron chi connectivity index (χ0n) is 34.3. The van der Waals surface area contributed by atoms with Gasteiger partial charge in [0.15, 0.2) is 5.96 Å². The molecule has 0 bridgehead atoms. The predicted octanol–water partition coefficient (Wildman–Crippen LogP) is -2.54. The van der Waals surface area contributed by atoms with Crippen molar-refractivity contribution in [3.8, 4) is 0 Å². The highest BCUT2D eigenvalue weighted by Crippen LogP contribution is 2.21. The first kappa shape index (κ1) is 48.5. The lowest BCUT2D eigenvalue weighted by Crippen LogP contribution is -2.59. The first-order valence-electron chi connectivity index (χ1n) is 20.4. The number of aromatic nitrogens is 3. The monoisotopic (exact) mass is 882 g/mol. The standard InChI is InChI=1S/C39H58N14O8S/c40-12-4-3-8-25(41)37(59)53-14-6-11-31(53)36(58)52-30(20-62)35(57)51-28(15-22-17-46-26-9-2-1-7-24(22)26)34(56)50-27(10-5-13-45-39(42)43)33(55)47-19-32(54)49-29(38(60)61)16-23-18-44-21-48-23/h1-2,7,9,17-18,21,25,27-31,46,62H,3-6,8,10-16,19-20,40-41H2,(H,44,48)(H,47,55)(H,49,54)(H,50,56)(H,51,57)(H,52,58)(H,60,61)(H4,42,43,45)/t25-,27-,28-,29-,30-,31-/m0/s1. The smallest absolute Gasteiger partial charge is 0.326 e. The minimum atomic E-state index is -1.34. The highest BCUT2D eigenvalue weighted by Gasteiger charge is 2.38. The van der Waals surface area contributed by atoms with Gasteiger partial charge in [-0.2, -0.15) is 12.6 Å². The predicted molar refractivity (Wildman–Crippen MR) is 231 cm³/mol. The van der Waals surface area contributed by atoms with E-state index in [-0.39, 0.29) is 49.8 Å². The number of aromatic amines is 2. The zero-order chi connectivity index (χ0) is 45.2. The van der Waals surface area contributed by atoms with Crippen molar-refractivity contribution in [3.63, 3.8) is 0 Å². The van der Waals surface area contributed by atoms with E-state index in [1.807, 2.05) is 24.3 Å². The Bertz CT molecular complexity index is 2010. The van der Waals surface area contributed by atoms with Crippen LogP contribution in [0.4, 0.5) is 0 Å². The molecule has 6 atom stereocenters. The first-order valence-corrected chi connectivity index (χ1v) is 21.0. The van der Waals surface area contributed by atoms with Crippen LogP contribution >= 0.6 is 12.6 Å². The van der Waals surface area contributed by atoms with E-state index in [9.17, 15) is 38.7 Å². The fourth-order valence-corrected chi connectivity index (χ4v) is 7.29. The number of carboxylic acid groups (broad SMARTS) is 1. The summed E-state index contributed by atoms with van der Waals surface area (Å²) in [5.74, 6) is -5.88. The Kier molecular flexibility index (Phi) is 19.0. The Balaban J connectivity index is 1.49. The number of carboxylic acids is 1. The molecule has 23 heteroatoms. The van der Waals surface area contributed by atoms with Crippen molar-refractivity contribution in [3.05, 3.63) is 54.2 Å². The summed E-state index contributed by atoms with van der Waals surface area (Å²) in [5, 5.41) is 33.3. The average molecular weight is 883 g/mol. The van der Waals surface area contributed by atoms with Crippen LogP contribution in [0.15, 0.2) is 43.0 Å². The van der Waals surface area contributed by atoms with Crippen molar-refractivity contribution in [1.82, 2.24) is 51.8 Å². The quantitative estimate of drug-likeness (QED) is 0.0181. The van der Waals surface area contributed by atoms with E-state index in [0.29, 0.717) is 56.5 Å². The lowest BCUT2D eigenvalue weighted by Gasteiger charge is -2.29. The van der Waals surface area contributed by atoms with Crippen molar-refractivity contribution in [1.29, 1.82) is 5.41 Å². The van der Waals surface area contributed by atoms with E-state index in [1.165, 1.54) is 17.4 Å². The molecule has 338 valence electrons. The van der Waals surface area contributed by atoms with Crippen LogP contribution in [0.3, 0.4) is 0 Å². The van der Waals surface area contributed by atoms with E-state index in [4.69, 9.17) is 22.6 Å². The molecule has 0 spiro atoms. The summed E-state index contributed by atoms with van der Waals surface area (Å²) >= 11 is 4.32.